The first-order valence-corrected chi connectivity index (χ1v) is 6.91. The lowest BCUT2D eigenvalue weighted by molar-refractivity contribution is -0.159. The predicted molar refractivity (Wildman–Crippen MR) is 69.9 cm³/mol. The highest BCUT2D eigenvalue weighted by atomic mass is 79.9. The Hall–Kier alpha value is -0.920. The molecule has 0 spiro atoms. The minimum absolute atomic E-state index is 0.0397. The zero-order valence-electron chi connectivity index (χ0n) is 9.68. The number of rotatable bonds is 4. The average molecular weight is 334 g/mol. The summed E-state index contributed by atoms with van der Waals surface area (Å²) in [6, 6.07) is 3.60. The van der Waals surface area contributed by atoms with Crippen LogP contribution in [0.1, 0.15) is 16.6 Å². The largest absolute Gasteiger partial charge is 0.480 e. The number of carbonyl (C=O) groups is 2. The summed E-state index contributed by atoms with van der Waals surface area (Å²) >= 11 is 4.69. The van der Waals surface area contributed by atoms with Crippen LogP contribution in [0.5, 0.6) is 0 Å². The molecule has 0 saturated carbocycles. The SMILES string of the molecule is CC1(OCC(=O)O)CN(C(=O)c2ccc(Br)s2)C1. The predicted octanol–water partition coefficient (Wildman–Crippen LogP) is 1.83. The maximum atomic E-state index is 12.0. The number of likely N-dealkylation sites (tertiary alicyclic amines) is 1. The molecule has 1 saturated heterocycles. The van der Waals surface area contributed by atoms with Crippen LogP contribution in [0.4, 0.5) is 0 Å². The fourth-order valence-electron chi connectivity index (χ4n) is 1.82. The molecule has 0 aromatic carbocycles. The number of ether oxygens (including phenoxy) is 1. The number of thiophene rings is 1. The van der Waals surface area contributed by atoms with Crippen molar-refractivity contribution in [2.24, 2.45) is 0 Å². The van der Waals surface area contributed by atoms with Gasteiger partial charge in [-0.05, 0) is 35.0 Å². The second-order valence-electron chi connectivity index (χ2n) is 4.40. The number of aliphatic carboxylic acids is 1. The minimum atomic E-state index is -0.997. The normalized spacial score (nSPS) is 17.3. The maximum Gasteiger partial charge on any atom is 0.329 e. The Kier molecular flexibility index (Phi) is 3.74. The van der Waals surface area contributed by atoms with Gasteiger partial charge in [0.1, 0.15) is 12.2 Å². The van der Waals surface area contributed by atoms with Crippen molar-refractivity contribution in [1.29, 1.82) is 0 Å². The van der Waals surface area contributed by atoms with Crippen molar-refractivity contribution in [3.05, 3.63) is 20.8 Å². The molecule has 5 nitrogen and oxygen atoms in total. The van der Waals surface area contributed by atoms with Crippen molar-refractivity contribution >= 4 is 39.1 Å². The van der Waals surface area contributed by atoms with Crippen LogP contribution in [0.2, 0.25) is 0 Å². The van der Waals surface area contributed by atoms with Crippen LogP contribution in [-0.2, 0) is 9.53 Å². The topological polar surface area (TPSA) is 66.8 Å². The third-order valence-corrected chi connectivity index (χ3v) is 4.28. The Morgan fingerprint density at radius 1 is 1.56 bits per heavy atom. The molecular formula is C11H12BrNO4S. The third kappa shape index (κ3) is 2.90. The minimum Gasteiger partial charge on any atom is -0.480 e. The van der Waals surface area contributed by atoms with Crippen molar-refractivity contribution in [3.63, 3.8) is 0 Å². The van der Waals surface area contributed by atoms with Gasteiger partial charge in [-0.3, -0.25) is 4.79 Å². The number of carbonyl (C=O) groups excluding carboxylic acids is 1. The molecule has 0 radical (unpaired) electrons. The van der Waals surface area contributed by atoms with Crippen LogP contribution in [0.25, 0.3) is 0 Å². The highest BCUT2D eigenvalue weighted by Gasteiger charge is 2.43. The van der Waals surface area contributed by atoms with Crippen LogP contribution < -0.4 is 0 Å². The van der Waals surface area contributed by atoms with Gasteiger partial charge in [-0.2, -0.15) is 0 Å². The summed E-state index contributed by atoms with van der Waals surface area (Å²) in [6.45, 7) is 2.33. The molecule has 7 heteroatoms. The molecule has 1 aliphatic rings. The van der Waals surface area contributed by atoms with E-state index in [1.54, 1.807) is 11.0 Å². The standard InChI is InChI=1S/C11H12BrNO4S/c1-11(17-4-9(14)15)5-13(6-11)10(16)7-2-3-8(12)18-7/h2-3H,4-6H2,1H3,(H,14,15). The smallest absolute Gasteiger partial charge is 0.329 e. The van der Waals surface area contributed by atoms with Gasteiger partial charge in [0.2, 0.25) is 0 Å². The Labute approximate surface area is 116 Å². The number of hydrogen-bond donors (Lipinski definition) is 1. The number of carboxylic acid groups (broad SMARTS) is 1. The van der Waals surface area contributed by atoms with E-state index in [9.17, 15) is 9.59 Å². The molecule has 1 N–H and O–H groups in total. The lowest BCUT2D eigenvalue weighted by atomic mass is 9.96. The van der Waals surface area contributed by atoms with E-state index in [1.807, 2.05) is 13.0 Å². The molecule has 1 fully saturated rings. The first-order valence-electron chi connectivity index (χ1n) is 5.30. The first-order chi connectivity index (χ1) is 8.39. The number of hydrogen-bond acceptors (Lipinski definition) is 4. The third-order valence-electron chi connectivity index (χ3n) is 2.67. The molecule has 2 heterocycles. The van der Waals surface area contributed by atoms with E-state index in [-0.39, 0.29) is 12.5 Å². The van der Waals surface area contributed by atoms with Gasteiger partial charge < -0.3 is 14.7 Å². The number of amides is 1. The highest BCUT2D eigenvalue weighted by molar-refractivity contribution is 9.11. The van der Waals surface area contributed by atoms with Crippen LogP contribution in [0, 0.1) is 0 Å². The lowest BCUT2D eigenvalue weighted by Crippen LogP contribution is -2.63. The van der Waals surface area contributed by atoms with Crippen LogP contribution in [0.15, 0.2) is 15.9 Å². The lowest BCUT2D eigenvalue weighted by Gasteiger charge is -2.47. The number of carboxylic acids is 1. The van der Waals surface area contributed by atoms with Crippen molar-refractivity contribution in [2.75, 3.05) is 19.7 Å². The number of nitrogens with zero attached hydrogens (tertiary/aromatic N) is 1. The van der Waals surface area contributed by atoms with Gasteiger partial charge in [-0.25, -0.2) is 4.79 Å². The second-order valence-corrected chi connectivity index (χ2v) is 6.86. The van der Waals surface area contributed by atoms with Crippen molar-refractivity contribution < 1.29 is 19.4 Å². The van der Waals surface area contributed by atoms with E-state index in [2.05, 4.69) is 15.9 Å². The molecule has 1 aromatic rings. The molecule has 0 atom stereocenters. The van der Waals surface area contributed by atoms with Crippen molar-refractivity contribution in [2.45, 2.75) is 12.5 Å². The van der Waals surface area contributed by atoms with Gasteiger partial charge in [0.15, 0.2) is 0 Å². The van der Waals surface area contributed by atoms with Gasteiger partial charge in [0, 0.05) is 0 Å². The molecule has 0 bridgehead atoms. The monoisotopic (exact) mass is 333 g/mol. The van der Waals surface area contributed by atoms with Crippen LogP contribution in [0.3, 0.4) is 0 Å². The van der Waals surface area contributed by atoms with Gasteiger partial charge in [-0.15, -0.1) is 11.3 Å². The Morgan fingerprint density at radius 3 is 2.72 bits per heavy atom. The van der Waals surface area contributed by atoms with Crippen LogP contribution >= 0.6 is 27.3 Å². The van der Waals surface area contributed by atoms with E-state index in [4.69, 9.17) is 9.84 Å². The molecule has 18 heavy (non-hydrogen) atoms. The van der Waals surface area contributed by atoms with Gasteiger partial charge >= 0.3 is 5.97 Å². The van der Waals surface area contributed by atoms with E-state index in [0.717, 1.165) is 3.79 Å². The summed E-state index contributed by atoms with van der Waals surface area (Å²) in [7, 11) is 0. The molecule has 1 aromatic heterocycles. The molecule has 1 amide bonds. The number of halogens is 1. The van der Waals surface area contributed by atoms with Crippen LogP contribution in [-0.4, -0.2) is 47.2 Å². The second kappa shape index (κ2) is 4.99. The van der Waals surface area contributed by atoms with E-state index in [1.165, 1.54) is 11.3 Å². The van der Waals surface area contributed by atoms with E-state index >= 15 is 0 Å². The average Bonchev–Trinajstić information content (AvgIpc) is 2.68. The summed E-state index contributed by atoms with van der Waals surface area (Å²) in [5.74, 6) is -1.04. The highest BCUT2D eigenvalue weighted by Crippen LogP contribution is 2.29. The zero-order chi connectivity index (χ0) is 13.3. The van der Waals surface area contributed by atoms with Gasteiger partial charge in [-0.1, -0.05) is 0 Å². The Bertz CT molecular complexity index is 481. The van der Waals surface area contributed by atoms with Gasteiger partial charge in [0.05, 0.1) is 21.8 Å². The first kappa shape index (κ1) is 13.5. The Balaban J connectivity index is 1.88. The molecule has 98 valence electrons. The molecule has 0 aliphatic carbocycles. The summed E-state index contributed by atoms with van der Waals surface area (Å²) < 4.78 is 6.16. The van der Waals surface area contributed by atoms with Crippen molar-refractivity contribution in [1.82, 2.24) is 4.90 Å². The Morgan fingerprint density at radius 2 is 2.22 bits per heavy atom. The fraction of sp³-hybridized carbons (Fsp3) is 0.455. The summed E-state index contributed by atoms with van der Waals surface area (Å²) in [6.07, 6.45) is 0. The zero-order valence-corrected chi connectivity index (χ0v) is 12.1. The van der Waals surface area contributed by atoms with E-state index < -0.39 is 11.6 Å². The fourth-order valence-corrected chi connectivity index (χ4v) is 3.17. The van der Waals surface area contributed by atoms with E-state index in [0.29, 0.717) is 18.0 Å². The molecule has 2 rings (SSSR count). The van der Waals surface area contributed by atoms with Gasteiger partial charge in [0.25, 0.3) is 5.91 Å². The summed E-state index contributed by atoms with van der Waals surface area (Å²) in [5.41, 5.74) is -0.539. The summed E-state index contributed by atoms with van der Waals surface area (Å²) in [5, 5.41) is 8.54. The maximum absolute atomic E-state index is 12.0. The molecule has 0 unspecified atom stereocenters. The molecule has 1 aliphatic heterocycles. The van der Waals surface area contributed by atoms with Crippen molar-refractivity contribution in [3.8, 4) is 0 Å². The quantitative estimate of drug-likeness (QED) is 0.912. The molecular weight excluding hydrogens is 322 g/mol. The summed E-state index contributed by atoms with van der Waals surface area (Å²) in [4.78, 5) is 24.7.